The lowest BCUT2D eigenvalue weighted by atomic mass is 10.2. The predicted octanol–water partition coefficient (Wildman–Crippen LogP) is 2.68. The highest BCUT2D eigenvalue weighted by atomic mass is 16.5. The maximum atomic E-state index is 9.82. The molecule has 1 atom stereocenters. The number of ether oxygens (including phenoxy) is 1. The number of aromatic hydroxyl groups is 2. The minimum absolute atomic E-state index is 0.0576. The van der Waals surface area contributed by atoms with E-state index >= 15 is 0 Å². The first kappa shape index (κ1) is 17.5. The van der Waals surface area contributed by atoms with Gasteiger partial charge in [-0.05, 0) is 25.5 Å². The molecule has 6 heteroatoms. The fourth-order valence-electron chi connectivity index (χ4n) is 3.48. The largest absolute Gasteiger partial charge is 0.495 e. The van der Waals surface area contributed by atoms with Crippen molar-refractivity contribution in [3.63, 3.8) is 0 Å². The van der Waals surface area contributed by atoms with E-state index in [1.807, 2.05) is 25.1 Å². The van der Waals surface area contributed by atoms with Crippen molar-refractivity contribution in [3.05, 3.63) is 36.4 Å². The minimum atomic E-state index is 0.0576. The van der Waals surface area contributed by atoms with Crippen LogP contribution in [0.2, 0.25) is 0 Å². The molecule has 1 aliphatic heterocycles. The fraction of sp³-hybridized carbons (Fsp3) is 0.474. The number of nitrogens with zero attached hydrogens (tertiary/aromatic N) is 3. The second-order valence-electron chi connectivity index (χ2n) is 6.56. The van der Waals surface area contributed by atoms with Crippen LogP contribution in [-0.4, -0.2) is 59.5 Å². The van der Waals surface area contributed by atoms with Crippen molar-refractivity contribution in [2.45, 2.75) is 19.4 Å². The smallest absolute Gasteiger partial charge is 0.194 e. The highest BCUT2D eigenvalue weighted by molar-refractivity contribution is 5.58. The minimum Gasteiger partial charge on any atom is -0.495 e. The Hall–Kier alpha value is -2.34. The van der Waals surface area contributed by atoms with Gasteiger partial charge in [-0.3, -0.25) is 9.47 Å². The second kappa shape index (κ2) is 7.70. The summed E-state index contributed by atoms with van der Waals surface area (Å²) in [5, 5.41) is 19.6. The normalized spacial score (nSPS) is 16.8. The summed E-state index contributed by atoms with van der Waals surface area (Å²) >= 11 is 0. The molecular formula is C19H27N3O3. The first-order chi connectivity index (χ1) is 12.1. The Morgan fingerprint density at radius 2 is 1.64 bits per heavy atom. The maximum absolute atomic E-state index is 9.82. The van der Waals surface area contributed by atoms with Gasteiger partial charge in [0.05, 0.1) is 12.8 Å². The van der Waals surface area contributed by atoms with E-state index in [4.69, 9.17) is 4.74 Å². The molecule has 1 saturated heterocycles. The Balaban J connectivity index is 1.51. The highest BCUT2D eigenvalue weighted by Crippen LogP contribution is 2.30. The summed E-state index contributed by atoms with van der Waals surface area (Å²) < 4.78 is 7.04. The Labute approximate surface area is 148 Å². The predicted molar refractivity (Wildman–Crippen MR) is 98.7 cm³/mol. The molecule has 1 unspecified atom stereocenters. The van der Waals surface area contributed by atoms with Gasteiger partial charge in [0, 0.05) is 50.9 Å². The summed E-state index contributed by atoms with van der Waals surface area (Å²) in [5.74, 6) is 1.15. The van der Waals surface area contributed by atoms with E-state index in [0.717, 1.165) is 50.6 Å². The van der Waals surface area contributed by atoms with E-state index in [-0.39, 0.29) is 17.8 Å². The number of anilines is 1. The lowest BCUT2D eigenvalue weighted by Gasteiger charge is -2.37. The fourth-order valence-corrected chi connectivity index (χ4v) is 3.48. The third-order valence-electron chi connectivity index (χ3n) is 4.98. The number of piperazine rings is 1. The number of benzene rings is 1. The van der Waals surface area contributed by atoms with Crippen molar-refractivity contribution in [3.8, 4) is 17.5 Å². The van der Waals surface area contributed by atoms with Gasteiger partial charge in [0.2, 0.25) is 0 Å². The molecule has 2 N–H and O–H groups in total. The summed E-state index contributed by atoms with van der Waals surface area (Å²) in [6.07, 6.45) is 0.879. The molecule has 0 bridgehead atoms. The number of methoxy groups -OCH3 is 1. The van der Waals surface area contributed by atoms with Gasteiger partial charge in [-0.25, -0.2) is 0 Å². The van der Waals surface area contributed by atoms with Gasteiger partial charge in [0.1, 0.15) is 5.75 Å². The molecular weight excluding hydrogens is 318 g/mol. The van der Waals surface area contributed by atoms with Crippen LogP contribution >= 0.6 is 0 Å². The van der Waals surface area contributed by atoms with Gasteiger partial charge in [-0.1, -0.05) is 12.1 Å². The lowest BCUT2D eigenvalue weighted by molar-refractivity contribution is 0.233. The van der Waals surface area contributed by atoms with Gasteiger partial charge < -0.3 is 19.8 Å². The number of hydrogen-bond acceptors (Lipinski definition) is 5. The molecule has 3 rings (SSSR count). The molecule has 0 spiro atoms. The zero-order chi connectivity index (χ0) is 17.8. The van der Waals surface area contributed by atoms with Crippen LogP contribution in [0.25, 0.3) is 0 Å². The molecule has 1 aromatic heterocycles. The maximum Gasteiger partial charge on any atom is 0.194 e. The van der Waals surface area contributed by atoms with Crippen molar-refractivity contribution in [2.75, 3.05) is 44.7 Å². The van der Waals surface area contributed by atoms with Crippen LogP contribution in [0.15, 0.2) is 36.4 Å². The van der Waals surface area contributed by atoms with E-state index in [1.165, 1.54) is 12.1 Å². The van der Waals surface area contributed by atoms with Crippen LogP contribution in [0.1, 0.15) is 19.4 Å². The zero-order valence-corrected chi connectivity index (χ0v) is 14.9. The molecule has 2 aromatic rings. The quantitative estimate of drug-likeness (QED) is 0.843. The van der Waals surface area contributed by atoms with Crippen molar-refractivity contribution in [1.29, 1.82) is 0 Å². The van der Waals surface area contributed by atoms with Gasteiger partial charge in [0.15, 0.2) is 11.8 Å². The van der Waals surface area contributed by atoms with Gasteiger partial charge in [-0.2, -0.15) is 0 Å². The molecule has 2 heterocycles. The summed E-state index contributed by atoms with van der Waals surface area (Å²) in [6.45, 7) is 6.88. The van der Waals surface area contributed by atoms with Crippen LogP contribution in [0.5, 0.6) is 17.5 Å². The average molecular weight is 345 g/mol. The third-order valence-corrected chi connectivity index (χ3v) is 4.98. The Bertz CT molecular complexity index is 673. The van der Waals surface area contributed by atoms with Crippen LogP contribution in [-0.2, 0) is 0 Å². The molecule has 1 fully saturated rings. The van der Waals surface area contributed by atoms with Gasteiger partial charge in [0.25, 0.3) is 0 Å². The van der Waals surface area contributed by atoms with Gasteiger partial charge in [-0.15, -0.1) is 0 Å². The third kappa shape index (κ3) is 3.85. The molecule has 0 aliphatic carbocycles. The zero-order valence-electron chi connectivity index (χ0n) is 14.9. The van der Waals surface area contributed by atoms with Gasteiger partial charge >= 0.3 is 0 Å². The van der Waals surface area contributed by atoms with Crippen LogP contribution in [0, 0.1) is 0 Å². The molecule has 6 nitrogen and oxygen atoms in total. The molecule has 136 valence electrons. The Morgan fingerprint density at radius 1 is 1.00 bits per heavy atom. The Kier molecular flexibility index (Phi) is 5.38. The number of aromatic nitrogens is 1. The number of rotatable bonds is 6. The molecule has 1 aromatic carbocycles. The first-order valence-corrected chi connectivity index (χ1v) is 8.79. The molecule has 0 radical (unpaired) electrons. The summed E-state index contributed by atoms with van der Waals surface area (Å²) in [6, 6.07) is 11.2. The van der Waals surface area contributed by atoms with E-state index in [0.29, 0.717) is 0 Å². The number of hydrogen-bond donors (Lipinski definition) is 2. The molecule has 25 heavy (non-hydrogen) atoms. The SMILES string of the molecule is COc1ccccc1N1CCN(CCC(C)n2c(O)ccc2O)CC1. The monoisotopic (exact) mass is 345 g/mol. The van der Waals surface area contributed by atoms with Crippen LogP contribution in [0.4, 0.5) is 5.69 Å². The van der Waals surface area contributed by atoms with Crippen molar-refractivity contribution < 1.29 is 14.9 Å². The standard InChI is InChI=1S/C19H27N3O3/c1-15(22-18(23)7-8-19(22)24)9-10-20-11-13-21(14-12-20)16-5-3-4-6-17(16)25-2/h3-8,15,23-24H,9-14H2,1-2H3. The lowest BCUT2D eigenvalue weighted by Crippen LogP contribution is -2.47. The van der Waals surface area contributed by atoms with Crippen molar-refractivity contribution in [1.82, 2.24) is 9.47 Å². The highest BCUT2D eigenvalue weighted by Gasteiger charge is 2.20. The summed E-state index contributed by atoms with van der Waals surface area (Å²) in [4.78, 5) is 4.79. The molecule has 1 aliphatic rings. The summed E-state index contributed by atoms with van der Waals surface area (Å²) in [7, 11) is 1.71. The summed E-state index contributed by atoms with van der Waals surface area (Å²) in [5.41, 5.74) is 1.15. The molecule has 0 saturated carbocycles. The van der Waals surface area contributed by atoms with Crippen LogP contribution < -0.4 is 9.64 Å². The van der Waals surface area contributed by atoms with E-state index in [1.54, 1.807) is 11.7 Å². The second-order valence-corrected chi connectivity index (χ2v) is 6.56. The van der Waals surface area contributed by atoms with E-state index < -0.39 is 0 Å². The first-order valence-electron chi connectivity index (χ1n) is 8.79. The Morgan fingerprint density at radius 3 is 2.28 bits per heavy atom. The van der Waals surface area contributed by atoms with Crippen molar-refractivity contribution in [2.24, 2.45) is 0 Å². The van der Waals surface area contributed by atoms with E-state index in [9.17, 15) is 10.2 Å². The average Bonchev–Trinajstić information content (AvgIpc) is 2.98. The molecule has 0 amide bonds. The van der Waals surface area contributed by atoms with Crippen molar-refractivity contribution >= 4 is 5.69 Å². The van der Waals surface area contributed by atoms with E-state index in [2.05, 4.69) is 15.9 Å². The van der Waals surface area contributed by atoms with Crippen LogP contribution in [0.3, 0.4) is 0 Å². The topological polar surface area (TPSA) is 61.1 Å². The number of para-hydroxylation sites is 2.